The number of unbranched alkanes of at least 4 members (excludes halogenated alkanes) is 1. The van der Waals surface area contributed by atoms with Crippen LogP contribution in [0.4, 0.5) is 10.5 Å². The van der Waals surface area contributed by atoms with Gasteiger partial charge in [0.2, 0.25) is 41.0 Å². The summed E-state index contributed by atoms with van der Waals surface area (Å²) in [6.45, 7) is 5.07. The van der Waals surface area contributed by atoms with Crippen molar-refractivity contribution < 1.29 is 71.9 Å². The van der Waals surface area contributed by atoms with Crippen LogP contribution in [-0.2, 0) is 107 Å². The average Bonchev–Trinajstić information content (AvgIpc) is 1.45. The molecule has 482 valence electrons. The monoisotopic (exact) mass is 1260 g/mol. The molecule has 27 nitrogen and oxygen atoms in total. The number of nitrogens with one attached hydrogen (secondary N) is 4. The summed E-state index contributed by atoms with van der Waals surface area (Å²) in [6, 6.07) is 11.9. The quantitative estimate of drug-likeness (QED) is 0.0206. The van der Waals surface area contributed by atoms with Crippen molar-refractivity contribution in [2.24, 2.45) is 17.6 Å². The molecular weight excluding hydrogens is 1190 g/mol. The number of nitrogens with zero attached hydrogens (tertiary/aromatic N) is 6. The number of ether oxygens (including phenoxy) is 6. The van der Waals surface area contributed by atoms with Crippen molar-refractivity contribution in [3.05, 3.63) is 98.6 Å². The maximum atomic E-state index is 14.1. The van der Waals surface area contributed by atoms with E-state index in [1.165, 1.54) is 16.7 Å². The number of phenols is 1. The van der Waals surface area contributed by atoms with Crippen LogP contribution in [-0.4, -0.2) is 159 Å². The standard InChI is InChI=1S/C62H77N11O16S/c1-4-43-44-26-42(74)17-18-48(44)68-55-45(43)32-72-50(55)27-47-46(58(72)80)34-87-60(82)62(47,5-2)89-61(83)88-33-38-11-15-40(16-12-38)66-57(79)49(8-6-7-19-63)67-53(76)36-86-35-52(75)64-20-22-84-24-25-85-23-21-71-31-41(69-70-71)29-65-56(78)39-13-9-37(10-14-39)30-73-54(77)28-51(90-3)59(73)81/h11-12,15-18,26-27,31,37,39,49,51,74H,4-10,13-14,19-25,28-30,32-36,63H2,1-3H3,(H,64,75)(H,65,78)(H,66,79)(H,67,76)/t37?,39?,49-,51?,62-/m0/s1. The minimum absolute atomic E-state index is 0.0488. The molecule has 6 amide bonds. The Hall–Kier alpha value is -8.31. The summed E-state index contributed by atoms with van der Waals surface area (Å²) in [5.41, 5.74) is 8.48. The number of aryl methyl sites for hydroxylation is 1. The molecule has 1 saturated heterocycles. The molecule has 28 heteroatoms. The third kappa shape index (κ3) is 16.0. The number of phenolic OH excluding ortho intramolecular Hbond substituents is 1. The van der Waals surface area contributed by atoms with Gasteiger partial charge in [-0.25, -0.2) is 19.3 Å². The number of carbonyl (C=O) groups is 8. The fourth-order valence-electron chi connectivity index (χ4n) is 11.7. The number of benzene rings is 2. The Balaban J connectivity index is 0.636. The SMILES string of the molecule is CCc1c2c(nc3ccc(O)cc13)-c1cc3c(c(=O)n1C2)COC(=O)[C@@]3(CC)OC(=O)OCc1ccc(NC(=O)[C@H](CCCCN)NC(=O)COCC(=O)NCCOCCOCCn2cc(CNC(=O)C3CCC(CN4C(=O)CC(SC)C4=O)CC3)nn2)cc1. The van der Waals surface area contributed by atoms with Crippen LogP contribution < -0.4 is 32.6 Å². The molecule has 6 heterocycles. The molecule has 1 saturated carbocycles. The highest BCUT2D eigenvalue weighted by molar-refractivity contribution is 8.00. The lowest BCUT2D eigenvalue weighted by atomic mass is 9.81. The van der Waals surface area contributed by atoms with Crippen molar-refractivity contribution in [1.82, 2.24) is 45.4 Å². The lowest BCUT2D eigenvalue weighted by Crippen LogP contribution is -2.47. The van der Waals surface area contributed by atoms with Crippen LogP contribution in [0, 0.1) is 11.8 Å². The topological polar surface area (TPSA) is 355 Å². The summed E-state index contributed by atoms with van der Waals surface area (Å²) in [5.74, 6) is -2.57. The van der Waals surface area contributed by atoms with Gasteiger partial charge in [-0.05, 0) is 124 Å². The number of aromatic nitrogens is 5. The van der Waals surface area contributed by atoms with Gasteiger partial charge in [-0.3, -0.25) is 38.5 Å². The van der Waals surface area contributed by atoms with Gasteiger partial charge in [-0.15, -0.1) is 5.10 Å². The van der Waals surface area contributed by atoms with Gasteiger partial charge in [0.25, 0.3) is 5.56 Å². The highest BCUT2D eigenvalue weighted by Crippen LogP contribution is 2.43. The van der Waals surface area contributed by atoms with E-state index >= 15 is 0 Å². The van der Waals surface area contributed by atoms with Gasteiger partial charge in [-0.1, -0.05) is 31.2 Å². The molecular formula is C62H77N11O16S. The van der Waals surface area contributed by atoms with Crippen LogP contribution in [0.1, 0.15) is 105 Å². The Morgan fingerprint density at radius 1 is 0.900 bits per heavy atom. The normalized spacial score (nSPS) is 18.7. The van der Waals surface area contributed by atoms with E-state index in [4.69, 9.17) is 39.1 Å². The minimum atomic E-state index is -2.01. The second-order valence-corrected chi connectivity index (χ2v) is 23.6. The molecule has 3 aliphatic heterocycles. The lowest BCUT2D eigenvalue weighted by Gasteiger charge is -2.35. The van der Waals surface area contributed by atoms with E-state index in [9.17, 15) is 48.3 Å². The second kappa shape index (κ2) is 30.9. The number of rotatable bonds is 31. The lowest BCUT2D eigenvalue weighted by molar-refractivity contribution is -0.175. The number of aromatic hydroxyl groups is 1. The number of imide groups is 1. The predicted molar refractivity (Wildman–Crippen MR) is 326 cm³/mol. The Morgan fingerprint density at radius 3 is 2.40 bits per heavy atom. The van der Waals surface area contributed by atoms with Crippen molar-refractivity contribution >= 4 is 75.9 Å². The molecule has 2 fully saturated rings. The summed E-state index contributed by atoms with van der Waals surface area (Å²) < 4.78 is 36.5. The zero-order valence-corrected chi connectivity index (χ0v) is 51.5. The van der Waals surface area contributed by atoms with Gasteiger partial charge in [-0.2, -0.15) is 11.8 Å². The molecule has 1 aliphatic carbocycles. The largest absolute Gasteiger partial charge is 0.510 e. The second-order valence-electron chi connectivity index (χ2n) is 22.5. The van der Waals surface area contributed by atoms with Crippen LogP contribution in [0.25, 0.3) is 22.3 Å². The Kier molecular flexibility index (Phi) is 22.7. The van der Waals surface area contributed by atoms with E-state index in [0.29, 0.717) is 98.8 Å². The zero-order chi connectivity index (χ0) is 63.9. The van der Waals surface area contributed by atoms with Gasteiger partial charge in [0.15, 0.2) is 0 Å². The molecule has 9 rings (SSSR count). The summed E-state index contributed by atoms with van der Waals surface area (Å²) in [5, 5.41) is 30.0. The number of esters is 1. The average molecular weight is 1260 g/mol. The number of thioether (sulfide) groups is 1. The highest BCUT2D eigenvalue weighted by atomic mass is 32.2. The van der Waals surface area contributed by atoms with Crippen molar-refractivity contribution in [3.8, 4) is 17.1 Å². The first kappa shape index (κ1) is 66.1. The van der Waals surface area contributed by atoms with Gasteiger partial charge in [0.05, 0.1) is 80.0 Å². The first-order chi connectivity index (χ1) is 43.5. The highest BCUT2D eigenvalue weighted by Gasteiger charge is 2.51. The maximum absolute atomic E-state index is 14.1. The third-order valence-corrected chi connectivity index (χ3v) is 17.5. The first-order valence-electron chi connectivity index (χ1n) is 30.4. The van der Waals surface area contributed by atoms with Gasteiger partial charge < -0.3 is 65.1 Å². The number of pyridine rings is 2. The first-order valence-corrected chi connectivity index (χ1v) is 31.7. The van der Waals surface area contributed by atoms with Gasteiger partial charge in [0.1, 0.15) is 43.9 Å². The van der Waals surface area contributed by atoms with Crippen molar-refractivity contribution in [3.63, 3.8) is 0 Å². The summed E-state index contributed by atoms with van der Waals surface area (Å²) in [7, 11) is 0. The molecule has 3 aromatic heterocycles. The van der Waals surface area contributed by atoms with Crippen LogP contribution in [0.2, 0.25) is 0 Å². The Morgan fingerprint density at radius 2 is 1.67 bits per heavy atom. The van der Waals surface area contributed by atoms with E-state index in [1.807, 2.05) is 13.2 Å². The molecule has 1 unspecified atom stereocenters. The number of anilines is 1. The summed E-state index contributed by atoms with van der Waals surface area (Å²) >= 11 is 1.41. The van der Waals surface area contributed by atoms with E-state index < -0.39 is 60.3 Å². The summed E-state index contributed by atoms with van der Waals surface area (Å²) in [4.78, 5) is 124. The number of hydrogen-bond acceptors (Lipinski definition) is 21. The molecule has 90 heavy (non-hydrogen) atoms. The Bertz CT molecular complexity index is 3520. The van der Waals surface area contributed by atoms with Gasteiger partial charge in [0, 0.05) is 47.6 Å². The number of fused-ring (bicyclic) bond motifs is 5. The zero-order valence-electron chi connectivity index (χ0n) is 50.7. The van der Waals surface area contributed by atoms with Crippen molar-refractivity contribution in [1.29, 1.82) is 0 Å². The Labute approximate surface area is 523 Å². The van der Waals surface area contributed by atoms with Gasteiger partial charge >= 0.3 is 12.1 Å². The van der Waals surface area contributed by atoms with E-state index in [-0.39, 0.29) is 117 Å². The molecule has 0 bridgehead atoms. The summed E-state index contributed by atoms with van der Waals surface area (Å²) in [6.07, 6.45) is 7.52. The van der Waals surface area contributed by atoms with Crippen LogP contribution in [0.5, 0.6) is 5.75 Å². The number of nitrogens with two attached hydrogens (primary N) is 1. The smallest absolute Gasteiger partial charge is 0.508 e. The minimum Gasteiger partial charge on any atom is -0.508 e. The van der Waals surface area contributed by atoms with E-state index in [1.54, 1.807) is 70.9 Å². The van der Waals surface area contributed by atoms with E-state index in [0.717, 1.165) is 29.4 Å². The van der Waals surface area contributed by atoms with Crippen molar-refractivity contribution in [2.75, 3.05) is 70.8 Å². The number of cyclic esters (lactones) is 1. The third-order valence-electron chi connectivity index (χ3n) is 16.6. The maximum Gasteiger partial charge on any atom is 0.510 e. The van der Waals surface area contributed by atoms with Crippen LogP contribution in [0.3, 0.4) is 0 Å². The number of carbonyl (C=O) groups excluding carboxylic acids is 8. The van der Waals surface area contributed by atoms with Crippen LogP contribution in [0.15, 0.2) is 59.5 Å². The van der Waals surface area contributed by atoms with Crippen molar-refractivity contribution in [2.45, 2.75) is 128 Å². The molecule has 0 radical (unpaired) electrons. The molecule has 2 aromatic carbocycles. The number of amides is 6. The van der Waals surface area contributed by atoms with Crippen LogP contribution >= 0.6 is 11.8 Å². The molecule has 5 aromatic rings. The van der Waals surface area contributed by atoms with E-state index in [2.05, 4.69) is 31.6 Å². The predicted octanol–water partition coefficient (Wildman–Crippen LogP) is 3.63. The molecule has 4 aliphatic rings. The number of likely N-dealkylation sites (tertiary alicyclic amines) is 1. The molecule has 7 N–H and O–H groups in total. The fourth-order valence-corrected chi connectivity index (χ4v) is 12.3. The fraction of sp³-hybridized carbons (Fsp3) is 0.516. The number of hydrogen-bond donors (Lipinski definition) is 6. The molecule has 3 atom stereocenters. The molecule has 0 spiro atoms.